The van der Waals surface area contributed by atoms with E-state index in [0.29, 0.717) is 23.5 Å². The summed E-state index contributed by atoms with van der Waals surface area (Å²) in [6.45, 7) is 5.46. The van der Waals surface area contributed by atoms with E-state index in [1.807, 2.05) is 32.0 Å². The van der Waals surface area contributed by atoms with Gasteiger partial charge in [-0.2, -0.15) is 0 Å². The van der Waals surface area contributed by atoms with Crippen LogP contribution in [0.1, 0.15) is 24.5 Å². The quantitative estimate of drug-likeness (QED) is 0.750. The number of sulfone groups is 1. The van der Waals surface area contributed by atoms with Crippen LogP contribution in [0, 0.1) is 19.8 Å². The van der Waals surface area contributed by atoms with Crippen LogP contribution in [0.5, 0.6) is 0 Å². The number of nitrogens with one attached hydrogen (secondary N) is 2. The maximum atomic E-state index is 12.9. The number of amides is 2. The van der Waals surface area contributed by atoms with E-state index < -0.39 is 15.8 Å². The molecule has 2 N–H and O–H groups in total. The van der Waals surface area contributed by atoms with Crippen LogP contribution >= 0.6 is 11.8 Å². The molecule has 0 radical (unpaired) electrons. The highest BCUT2D eigenvalue weighted by atomic mass is 32.2. The normalized spacial score (nSPS) is 15.1. The Bertz CT molecular complexity index is 1060. The number of fused-ring (bicyclic) bond motifs is 1. The zero-order valence-corrected chi connectivity index (χ0v) is 18.2. The van der Waals surface area contributed by atoms with Crippen molar-refractivity contribution in [2.24, 2.45) is 5.92 Å². The van der Waals surface area contributed by atoms with E-state index in [-0.39, 0.29) is 22.5 Å². The molecule has 1 aliphatic heterocycles. The summed E-state index contributed by atoms with van der Waals surface area (Å²) in [5.41, 5.74) is 3.19. The lowest BCUT2D eigenvalue weighted by atomic mass is 10.1. The summed E-state index contributed by atoms with van der Waals surface area (Å²) in [5.74, 6) is -0.876. The number of hydrogen-bond acceptors (Lipinski definition) is 5. The molecule has 2 amide bonds. The van der Waals surface area contributed by atoms with E-state index in [9.17, 15) is 18.0 Å². The van der Waals surface area contributed by atoms with Crippen LogP contribution in [0.2, 0.25) is 0 Å². The Morgan fingerprint density at radius 1 is 1.21 bits per heavy atom. The Morgan fingerprint density at radius 2 is 1.97 bits per heavy atom. The third-order valence-corrected chi connectivity index (χ3v) is 7.71. The van der Waals surface area contributed by atoms with Crippen molar-refractivity contribution in [2.45, 2.75) is 37.0 Å². The van der Waals surface area contributed by atoms with E-state index in [1.54, 1.807) is 13.0 Å². The van der Waals surface area contributed by atoms with Gasteiger partial charge in [-0.1, -0.05) is 24.6 Å². The first-order valence-electron chi connectivity index (χ1n) is 9.33. The van der Waals surface area contributed by atoms with Gasteiger partial charge in [0.05, 0.1) is 16.3 Å². The summed E-state index contributed by atoms with van der Waals surface area (Å²) in [5, 5.41) is 5.56. The van der Waals surface area contributed by atoms with Crippen molar-refractivity contribution in [3.8, 4) is 0 Å². The van der Waals surface area contributed by atoms with Crippen molar-refractivity contribution in [1.82, 2.24) is 0 Å². The van der Waals surface area contributed by atoms with Crippen LogP contribution in [0.15, 0.2) is 46.2 Å². The Morgan fingerprint density at radius 3 is 2.69 bits per heavy atom. The topological polar surface area (TPSA) is 92.3 Å². The first-order valence-corrected chi connectivity index (χ1v) is 12.0. The third kappa shape index (κ3) is 5.19. The predicted octanol–water partition coefficient (Wildman–Crippen LogP) is 3.79. The lowest BCUT2D eigenvalue weighted by molar-refractivity contribution is -0.119. The maximum absolute atomic E-state index is 12.9. The molecular formula is C21H24N2O4S2. The molecule has 1 atom stereocenters. The number of hydrogen-bond donors (Lipinski definition) is 2. The highest BCUT2D eigenvalue weighted by Crippen LogP contribution is 2.33. The molecule has 0 saturated heterocycles. The van der Waals surface area contributed by atoms with Gasteiger partial charge in [0.15, 0.2) is 9.84 Å². The molecule has 3 rings (SSSR count). The van der Waals surface area contributed by atoms with Crippen molar-refractivity contribution in [2.75, 3.05) is 22.1 Å². The molecule has 154 valence electrons. The summed E-state index contributed by atoms with van der Waals surface area (Å²) >= 11 is 1.51. The van der Waals surface area contributed by atoms with Crippen LogP contribution in [-0.4, -0.2) is 31.7 Å². The minimum atomic E-state index is -3.70. The van der Waals surface area contributed by atoms with Gasteiger partial charge in [0, 0.05) is 28.7 Å². The molecule has 2 aromatic carbocycles. The molecule has 1 unspecified atom stereocenters. The number of rotatable bonds is 5. The van der Waals surface area contributed by atoms with E-state index in [1.165, 1.54) is 23.9 Å². The molecule has 0 aromatic heterocycles. The maximum Gasteiger partial charge on any atom is 0.228 e. The van der Waals surface area contributed by atoms with Crippen LogP contribution in [0.25, 0.3) is 0 Å². The fraction of sp³-hybridized carbons (Fsp3) is 0.333. The lowest BCUT2D eigenvalue weighted by Gasteiger charge is -2.15. The number of aryl methyl sites for hydroxylation is 2. The van der Waals surface area contributed by atoms with Gasteiger partial charge in [-0.3, -0.25) is 9.59 Å². The second-order valence-electron chi connectivity index (χ2n) is 7.29. The number of thioether (sulfide) groups is 1. The Hall–Kier alpha value is -2.32. The first kappa shape index (κ1) is 21.4. The second-order valence-corrected chi connectivity index (χ2v) is 10.5. The predicted molar refractivity (Wildman–Crippen MR) is 116 cm³/mol. The fourth-order valence-corrected chi connectivity index (χ4v) is 5.62. The second kappa shape index (κ2) is 8.59. The van der Waals surface area contributed by atoms with Gasteiger partial charge in [0.25, 0.3) is 0 Å². The Labute approximate surface area is 175 Å². The SMILES string of the molecule is Cc1ccc(NC(=O)C(C)CS(=O)(=O)c2ccc3c(c2)NC(=O)CCS3)c(C)c1. The molecule has 8 heteroatoms. The number of carbonyl (C=O) groups is 2. The van der Waals surface area contributed by atoms with Crippen molar-refractivity contribution < 1.29 is 18.0 Å². The Balaban J connectivity index is 1.74. The van der Waals surface area contributed by atoms with E-state index in [0.717, 1.165) is 16.0 Å². The van der Waals surface area contributed by atoms with Crippen LogP contribution in [0.3, 0.4) is 0 Å². The van der Waals surface area contributed by atoms with Crippen LogP contribution < -0.4 is 10.6 Å². The number of anilines is 2. The molecule has 29 heavy (non-hydrogen) atoms. The van der Waals surface area contributed by atoms with Crippen LogP contribution in [-0.2, 0) is 19.4 Å². The average Bonchev–Trinajstić information content (AvgIpc) is 2.83. The molecule has 6 nitrogen and oxygen atoms in total. The molecule has 0 bridgehead atoms. The van der Waals surface area contributed by atoms with Gasteiger partial charge in [0.2, 0.25) is 11.8 Å². The molecule has 1 heterocycles. The third-order valence-electron chi connectivity index (χ3n) is 4.73. The largest absolute Gasteiger partial charge is 0.326 e. The average molecular weight is 433 g/mol. The van der Waals surface area contributed by atoms with Crippen molar-refractivity contribution in [3.63, 3.8) is 0 Å². The van der Waals surface area contributed by atoms with Crippen molar-refractivity contribution in [1.29, 1.82) is 0 Å². The molecule has 0 fully saturated rings. The first-order chi connectivity index (χ1) is 13.7. The summed E-state index contributed by atoms with van der Waals surface area (Å²) in [7, 11) is -3.70. The standard InChI is InChI=1S/C21H24N2O4S2/c1-13-4-6-17(14(2)10-13)23-21(25)15(3)12-29(26,27)16-5-7-19-18(11-16)22-20(24)8-9-28-19/h4-7,10-11,15H,8-9,12H2,1-3H3,(H,22,24)(H,23,25). The highest BCUT2D eigenvalue weighted by molar-refractivity contribution is 7.99. The highest BCUT2D eigenvalue weighted by Gasteiger charge is 2.25. The summed E-state index contributed by atoms with van der Waals surface area (Å²) in [6.07, 6.45) is 0.386. The smallest absolute Gasteiger partial charge is 0.228 e. The molecule has 1 aliphatic rings. The number of benzene rings is 2. The molecule has 0 saturated carbocycles. The van der Waals surface area contributed by atoms with Gasteiger partial charge in [-0.25, -0.2) is 8.42 Å². The van der Waals surface area contributed by atoms with Crippen LogP contribution in [0.4, 0.5) is 11.4 Å². The minimum absolute atomic E-state index is 0.102. The lowest BCUT2D eigenvalue weighted by Crippen LogP contribution is -2.27. The van der Waals surface area contributed by atoms with Gasteiger partial charge in [-0.15, -0.1) is 11.8 Å². The Kier molecular flexibility index (Phi) is 6.33. The molecule has 0 spiro atoms. The minimum Gasteiger partial charge on any atom is -0.326 e. The summed E-state index contributed by atoms with van der Waals surface area (Å²) in [4.78, 5) is 25.3. The van der Waals surface area contributed by atoms with Gasteiger partial charge >= 0.3 is 0 Å². The van der Waals surface area contributed by atoms with E-state index in [2.05, 4.69) is 10.6 Å². The van der Waals surface area contributed by atoms with Crippen molar-refractivity contribution >= 4 is 44.8 Å². The molecule has 2 aromatic rings. The fourth-order valence-electron chi connectivity index (χ4n) is 3.10. The summed E-state index contributed by atoms with van der Waals surface area (Å²) < 4.78 is 25.7. The van der Waals surface area contributed by atoms with Crippen molar-refractivity contribution in [3.05, 3.63) is 47.5 Å². The van der Waals surface area contributed by atoms with Gasteiger partial charge in [-0.05, 0) is 43.7 Å². The van der Waals surface area contributed by atoms with E-state index in [4.69, 9.17) is 0 Å². The van der Waals surface area contributed by atoms with E-state index >= 15 is 0 Å². The van der Waals surface area contributed by atoms with Gasteiger partial charge in [0.1, 0.15) is 0 Å². The molecular weight excluding hydrogens is 408 g/mol. The summed E-state index contributed by atoms with van der Waals surface area (Å²) in [6, 6.07) is 10.4. The van der Waals surface area contributed by atoms with Gasteiger partial charge < -0.3 is 10.6 Å². The molecule has 0 aliphatic carbocycles. The number of carbonyl (C=O) groups excluding carboxylic acids is 2. The zero-order valence-electron chi connectivity index (χ0n) is 16.6. The monoisotopic (exact) mass is 432 g/mol. The zero-order chi connectivity index (χ0) is 21.2.